The van der Waals surface area contributed by atoms with Crippen LogP contribution < -0.4 is 0 Å². The van der Waals surface area contributed by atoms with Crippen LogP contribution >= 0.6 is 0 Å². The molecule has 0 saturated heterocycles. The van der Waals surface area contributed by atoms with Crippen molar-refractivity contribution < 1.29 is 44.6 Å². The highest BCUT2D eigenvalue weighted by molar-refractivity contribution is 5.03. The van der Waals surface area contributed by atoms with Gasteiger partial charge in [0.15, 0.2) is 6.61 Å². The van der Waals surface area contributed by atoms with Gasteiger partial charge in [0.2, 0.25) is 0 Å². The van der Waals surface area contributed by atoms with Gasteiger partial charge in [-0.25, -0.2) is 0 Å². The molecule has 1 nitrogen and oxygen atoms in total. The SMILES string of the molecule is O[CH]C(F)(F)C(F)(F)C(F)(F)C(F)(F)F. The molecule has 0 rings (SSSR count). The van der Waals surface area contributed by atoms with E-state index in [0.29, 0.717) is 0 Å². The molecular formula is C5H2F9O. The summed E-state index contributed by atoms with van der Waals surface area (Å²) < 4.78 is 106. The summed E-state index contributed by atoms with van der Waals surface area (Å²) in [6, 6.07) is 0. The quantitative estimate of drug-likeness (QED) is 0.762. The number of rotatable bonds is 3. The Kier molecular flexibility index (Phi) is 3.27. The summed E-state index contributed by atoms with van der Waals surface area (Å²) in [5.74, 6) is -19.7. The Morgan fingerprint density at radius 2 is 1.00 bits per heavy atom. The van der Waals surface area contributed by atoms with Crippen LogP contribution in [0.1, 0.15) is 0 Å². The lowest BCUT2D eigenvalue weighted by Crippen LogP contribution is -2.60. The maximum absolute atomic E-state index is 12.1. The van der Waals surface area contributed by atoms with Crippen molar-refractivity contribution in [2.45, 2.75) is 23.9 Å². The highest BCUT2D eigenvalue weighted by atomic mass is 19.4. The first-order valence-corrected chi connectivity index (χ1v) is 3.00. The van der Waals surface area contributed by atoms with Crippen molar-refractivity contribution in [3.8, 4) is 0 Å². The van der Waals surface area contributed by atoms with E-state index < -0.39 is 30.6 Å². The summed E-state index contributed by atoms with van der Waals surface area (Å²) in [6.07, 6.45) is -6.86. The highest BCUT2D eigenvalue weighted by Crippen LogP contribution is 2.53. The van der Waals surface area contributed by atoms with Crippen LogP contribution in [0.5, 0.6) is 0 Å². The molecule has 91 valence electrons. The number of hydrogen-bond acceptors (Lipinski definition) is 1. The molecule has 0 unspecified atom stereocenters. The van der Waals surface area contributed by atoms with E-state index in [1.165, 1.54) is 0 Å². The molecule has 0 aliphatic heterocycles. The molecule has 0 fully saturated rings. The zero-order valence-electron chi connectivity index (χ0n) is 6.43. The summed E-state index contributed by atoms with van der Waals surface area (Å²) in [5.41, 5.74) is 0. The number of alkyl halides is 9. The predicted molar refractivity (Wildman–Crippen MR) is 27.1 cm³/mol. The van der Waals surface area contributed by atoms with E-state index in [-0.39, 0.29) is 0 Å². The summed E-state index contributed by atoms with van der Waals surface area (Å²) in [6.45, 7) is -1.72. The van der Waals surface area contributed by atoms with Crippen LogP contribution in [-0.2, 0) is 0 Å². The minimum absolute atomic E-state index is 1.72. The Bertz CT molecular complexity index is 229. The minimum Gasteiger partial charge on any atom is -0.384 e. The molecule has 0 saturated carbocycles. The van der Waals surface area contributed by atoms with E-state index >= 15 is 0 Å². The van der Waals surface area contributed by atoms with Crippen molar-refractivity contribution in [1.82, 2.24) is 0 Å². The molecule has 0 aromatic carbocycles. The third-order valence-electron chi connectivity index (χ3n) is 1.33. The monoisotopic (exact) mass is 249 g/mol. The fourth-order valence-corrected chi connectivity index (χ4v) is 0.468. The molecule has 1 radical (unpaired) electrons. The van der Waals surface area contributed by atoms with Gasteiger partial charge in [0.25, 0.3) is 0 Å². The van der Waals surface area contributed by atoms with Crippen LogP contribution in [0.25, 0.3) is 0 Å². The minimum atomic E-state index is -6.96. The van der Waals surface area contributed by atoms with Gasteiger partial charge in [0.1, 0.15) is 0 Å². The summed E-state index contributed by atoms with van der Waals surface area (Å²) in [7, 11) is 0. The molecule has 1 N–H and O–H groups in total. The molecule has 15 heavy (non-hydrogen) atoms. The highest BCUT2D eigenvalue weighted by Gasteiger charge is 2.81. The molecule has 10 heteroatoms. The average molecular weight is 249 g/mol. The van der Waals surface area contributed by atoms with Crippen LogP contribution in [0.2, 0.25) is 0 Å². The molecule has 0 aromatic heterocycles. The maximum Gasteiger partial charge on any atom is 0.460 e. The van der Waals surface area contributed by atoms with Crippen LogP contribution in [-0.4, -0.2) is 29.1 Å². The summed E-state index contributed by atoms with van der Waals surface area (Å²) in [4.78, 5) is 0. The number of halogens is 9. The molecule has 0 amide bonds. The number of hydrogen-bond donors (Lipinski definition) is 1. The van der Waals surface area contributed by atoms with E-state index in [9.17, 15) is 39.5 Å². The molecular weight excluding hydrogens is 247 g/mol. The fourth-order valence-electron chi connectivity index (χ4n) is 0.468. The molecule has 0 aliphatic rings. The molecule has 0 heterocycles. The van der Waals surface area contributed by atoms with Gasteiger partial charge in [-0.15, -0.1) is 0 Å². The van der Waals surface area contributed by atoms with Gasteiger partial charge >= 0.3 is 23.9 Å². The Labute approximate surface area is 76.5 Å². The lowest BCUT2D eigenvalue weighted by Gasteiger charge is -2.32. The normalized spacial score (nSPS) is 15.6. The van der Waals surface area contributed by atoms with Gasteiger partial charge in [-0.1, -0.05) is 0 Å². The van der Waals surface area contributed by atoms with Crippen LogP contribution in [0.4, 0.5) is 39.5 Å². The van der Waals surface area contributed by atoms with Gasteiger partial charge in [-0.05, 0) is 0 Å². The smallest absolute Gasteiger partial charge is 0.384 e. The topological polar surface area (TPSA) is 20.2 Å². The van der Waals surface area contributed by atoms with Gasteiger partial charge in [-0.2, -0.15) is 39.5 Å². The van der Waals surface area contributed by atoms with E-state index in [2.05, 4.69) is 0 Å². The van der Waals surface area contributed by atoms with E-state index in [1.54, 1.807) is 0 Å². The van der Waals surface area contributed by atoms with Crippen molar-refractivity contribution in [2.24, 2.45) is 0 Å². The maximum atomic E-state index is 12.1. The predicted octanol–water partition coefficient (Wildman–Crippen LogP) is 2.99. The van der Waals surface area contributed by atoms with Gasteiger partial charge in [-0.3, -0.25) is 0 Å². The summed E-state index contributed by atoms with van der Waals surface area (Å²) >= 11 is 0. The average Bonchev–Trinajstić information content (AvgIpc) is 2.01. The molecule has 0 aromatic rings. The Balaban J connectivity index is 5.38. The second kappa shape index (κ2) is 3.42. The second-order valence-electron chi connectivity index (χ2n) is 2.40. The fraction of sp³-hybridized carbons (Fsp3) is 0.800. The van der Waals surface area contributed by atoms with Crippen LogP contribution in [0, 0.1) is 6.61 Å². The van der Waals surface area contributed by atoms with Crippen molar-refractivity contribution >= 4 is 0 Å². The van der Waals surface area contributed by atoms with E-state index in [0.717, 1.165) is 0 Å². The zero-order chi connectivity index (χ0) is 12.7. The number of aliphatic hydroxyl groups excluding tert-OH is 1. The zero-order valence-corrected chi connectivity index (χ0v) is 6.43. The third-order valence-corrected chi connectivity index (χ3v) is 1.33. The standard InChI is InChI=1S/C5H2F9O/c6-2(7,1-15)3(8,9)4(10,11)5(12,13)14/h1,15H. The van der Waals surface area contributed by atoms with E-state index in [1.807, 2.05) is 0 Å². The van der Waals surface area contributed by atoms with Gasteiger partial charge < -0.3 is 5.11 Å². The van der Waals surface area contributed by atoms with Gasteiger partial charge in [0, 0.05) is 0 Å². The van der Waals surface area contributed by atoms with Crippen LogP contribution in [0.3, 0.4) is 0 Å². The van der Waals surface area contributed by atoms with Crippen molar-refractivity contribution in [3.63, 3.8) is 0 Å². The lowest BCUT2D eigenvalue weighted by atomic mass is 10.1. The molecule has 0 bridgehead atoms. The molecule has 0 atom stereocenters. The second-order valence-corrected chi connectivity index (χ2v) is 2.40. The van der Waals surface area contributed by atoms with Crippen molar-refractivity contribution in [3.05, 3.63) is 6.61 Å². The van der Waals surface area contributed by atoms with E-state index in [4.69, 9.17) is 5.11 Å². The largest absolute Gasteiger partial charge is 0.460 e. The Hall–Kier alpha value is -0.670. The van der Waals surface area contributed by atoms with Gasteiger partial charge in [0.05, 0.1) is 0 Å². The molecule has 0 aliphatic carbocycles. The lowest BCUT2D eigenvalue weighted by molar-refractivity contribution is -0.393. The molecule has 0 spiro atoms. The Morgan fingerprint density at radius 1 is 0.667 bits per heavy atom. The third kappa shape index (κ3) is 1.99. The van der Waals surface area contributed by atoms with Crippen molar-refractivity contribution in [2.75, 3.05) is 0 Å². The summed E-state index contributed by atoms with van der Waals surface area (Å²) in [5, 5.41) is 7.50. The van der Waals surface area contributed by atoms with Crippen LogP contribution in [0.15, 0.2) is 0 Å². The Morgan fingerprint density at radius 3 is 1.20 bits per heavy atom. The first kappa shape index (κ1) is 14.3. The van der Waals surface area contributed by atoms with Crippen molar-refractivity contribution in [1.29, 1.82) is 0 Å². The number of aliphatic hydroxyl groups is 1. The first-order chi connectivity index (χ1) is 6.31. The first-order valence-electron chi connectivity index (χ1n) is 3.00.